The second kappa shape index (κ2) is 8.41. The smallest absolute Gasteiger partial charge is 0.468 e. The minimum absolute atomic E-state index is 0.0899. The number of nitrogens with zero attached hydrogens (tertiary/aromatic N) is 7. The average Bonchev–Trinajstić information content (AvgIpc) is 3.42. The molecule has 0 aliphatic heterocycles. The molecule has 3 aromatic heterocycles. The maximum atomic E-state index is 14.4. The molecule has 0 bridgehead atoms. The van der Waals surface area contributed by atoms with Crippen LogP contribution in [0.5, 0.6) is 5.88 Å². The van der Waals surface area contributed by atoms with Gasteiger partial charge in [-0.2, -0.15) is 9.61 Å². The number of fused-ring (bicyclic) bond motifs is 1. The molecule has 33 heavy (non-hydrogen) atoms. The lowest BCUT2D eigenvalue weighted by Crippen LogP contribution is -2.29. The third kappa shape index (κ3) is 3.92. The molecule has 0 saturated carbocycles. The molecule has 2 aromatic carbocycles. The van der Waals surface area contributed by atoms with Crippen LogP contribution in [0.15, 0.2) is 60.9 Å². The summed E-state index contributed by atoms with van der Waals surface area (Å²) in [4.78, 5) is 4.16. The summed E-state index contributed by atoms with van der Waals surface area (Å²) < 4.78 is 23.4. The molecule has 164 valence electrons. The lowest BCUT2D eigenvalue weighted by atomic mass is 9.80. The van der Waals surface area contributed by atoms with Crippen LogP contribution >= 0.6 is 0 Å². The molecule has 0 aliphatic rings. The average molecular weight is 445 g/mol. The number of benzene rings is 2. The van der Waals surface area contributed by atoms with Gasteiger partial charge in [-0.05, 0) is 29.2 Å². The van der Waals surface area contributed by atoms with E-state index in [0.717, 1.165) is 0 Å². The Morgan fingerprint density at radius 3 is 2.52 bits per heavy atom. The fraction of sp³-hybridized carbons (Fsp3) is 0.0952. The summed E-state index contributed by atoms with van der Waals surface area (Å²) in [6.07, 6.45) is 1.42. The van der Waals surface area contributed by atoms with Crippen molar-refractivity contribution in [1.29, 1.82) is 0 Å². The summed E-state index contributed by atoms with van der Waals surface area (Å²) >= 11 is 0. The van der Waals surface area contributed by atoms with Gasteiger partial charge in [0.15, 0.2) is 17.3 Å². The molecular weight excluding hydrogens is 428 g/mol. The SMILES string of the molecule is Cn1ncnc1COc1nn2c(-c3ccccc3F)nnc2cc1-c1ccc(B(O)O)cc1. The molecule has 2 N–H and O–H groups in total. The van der Waals surface area contributed by atoms with E-state index >= 15 is 0 Å². The summed E-state index contributed by atoms with van der Waals surface area (Å²) in [5, 5.41) is 35.6. The minimum Gasteiger partial charge on any atom is -0.468 e. The molecule has 3 heterocycles. The first kappa shape index (κ1) is 20.7. The molecule has 0 amide bonds. The lowest BCUT2D eigenvalue weighted by Gasteiger charge is -2.12. The van der Waals surface area contributed by atoms with Crippen molar-refractivity contribution in [3.05, 3.63) is 72.6 Å². The van der Waals surface area contributed by atoms with Crippen molar-refractivity contribution in [2.75, 3.05) is 0 Å². The van der Waals surface area contributed by atoms with Gasteiger partial charge < -0.3 is 14.8 Å². The second-order valence-electron chi connectivity index (χ2n) is 7.22. The zero-order chi connectivity index (χ0) is 22.9. The molecule has 10 nitrogen and oxygen atoms in total. The summed E-state index contributed by atoms with van der Waals surface area (Å²) in [6.45, 7) is 0.0899. The van der Waals surface area contributed by atoms with Gasteiger partial charge in [0.05, 0.1) is 5.56 Å². The largest absolute Gasteiger partial charge is 0.488 e. The first-order valence-electron chi connectivity index (χ1n) is 9.95. The van der Waals surface area contributed by atoms with E-state index in [1.54, 1.807) is 60.3 Å². The van der Waals surface area contributed by atoms with Gasteiger partial charge >= 0.3 is 7.12 Å². The van der Waals surface area contributed by atoms with Crippen LogP contribution in [-0.2, 0) is 13.7 Å². The van der Waals surface area contributed by atoms with Crippen molar-refractivity contribution >= 4 is 18.2 Å². The number of ether oxygens (including phenoxy) is 1. The van der Waals surface area contributed by atoms with Crippen molar-refractivity contribution in [3.63, 3.8) is 0 Å². The van der Waals surface area contributed by atoms with E-state index < -0.39 is 12.9 Å². The fourth-order valence-electron chi connectivity index (χ4n) is 3.36. The normalized spacial score (nSPS) is 11.2. The Morgan fingerprint density at radius 1 is 1.03 bits per heavy atom. The van der Waals surface area contributed by atoms with E-state index in [4.69, 9.17) is 4.74 Å². The molecule has 0 saturated heterocycles. The molecule has 12 heteroatoms. The molecule has 0 aliphatic carbocycles. The van der Waals surface area contributed by atoms with Gasteiger partial charge in [-0.25, -0.2) is 9.37 Å². The van der Waals surface area contributed by atoms with Gasteiger partial charge in [0.25, 0.3) is 0 Å². The van der Waals surface area contributed by atoms with Crippen LogP contribution in [-0.4, -0.2) is 51.7 Å². The van der Waals surface area contributed by atoms with Crippen molar-refractivity contribution in [3.8, 4) is 28.4 Å². The standard InChI is InChI=1S/C21H17BFN7O3/c1-29-19(24-12-25-29)11-33-21-16(13-6-8-14(9-7-13)22(31)32)10-18-26-27-20(30(18)28-21)15-4-2-3-5-17(15)23/h2-10,12,31-32H,11H2,1H3. The lowest BCUT2D eigenvalue weighted by molar-refractivity contribution is 0.275. The van der Waals surface area contributed by atoms with Crippen LogP contribution in [0, 0.1) is 5.82 Å². The Labute approximate surface area is 187 Å². The molecule has 0 spiro atoms. The molecule has 0 unspecified atom stereocenters. The predicted molar refractivity (Wildman–Crippen MR) is 117 cm³/mol. The predicted octanol–water partition coefficient (Wildman–Crippen LogP) is 0.985. The molecule has 0 fully saturated rings. The first-order chi connectivity index (χ1) is 16.0. The van der Waals surface area contributed by atoms with Gasteiger partial charge in [-0.1, -0.05) is 36.4 Å². The van der Waals surface area contributed by atoms with Gasteiger partial charge in [-0.3, -0.25) is 4.68 Å². The molecule has 5 aromatic rings. The Kier molecular flexibility index (Phi) is 5.28. The van der Waals surface area contributed by atoms with E-state index in [0.29, 0.717) is 28.1 Å². The van der Waals surface area contributed by atoms with Crippen molar-refractivity contribution < 1.29 is 19.2 Å². The number of rotatable bonds is 6. The second-order valence-corrected chi connectivity index (χ2v) is 7.22. The summed E-state index contributed by atoms with van der Waals surface area (Å²) in [5.41, 5.74) is 2.29. The van der Waals surface area contributed by atoms with Crippen LogP contribution in [0.1, 0.15) is 5.82 Å². The molecule has 0 atom stereocenters. The topological polar surface area (TPSA) is 123 Å². The quantitative estimate of drug-likeness (QED) is 0.371. The van der Waals surface area contributed by atoms with Gasteiger partial charge in [-0.15, -0.1) is 15.3 Å². The Morgan fingerprint density at radius 2 is 1.82 bits per heavy atom. The monoisotopic (exact) mass is 445 g/mol. The maximum absolute atomic E-state index is 14.4. The fourth-order valence-corrected chi connectivity index (χ4v) is 3.36. The number of hydrogen-bond donors (Lipinski definition) is 2. The maximum Gasteiger partial charge on any atom is 0.488 e. The Balaban J connectivity index is 1.63. The molecule has 5 rings (SSSR count). The molecule has 0 radical (unpaired) electrons. The summed E-state index contributed by atoms with van der Waals surface area (Å²) in [5.74, 6) is 0.606. The number of halogens is 1. The highest BCUT2D eigenvalue weighted by molar-refractivity contribution is 6.58. The highest BCUT2D eigenvalue weighted by Crippen LogP contribution is 2.31. The third-order valence-electron chi connectivity index (χ3n) is 5.14. The Hall–Kier alpha value is -4.16. The van der Waals surface area contributed by atoms with E-state index in [9.17, 15) is 14.4 Å². The van der Waals surface area contributed by atoms with E-state index in [2.05, 4.69) is 25.4 Å². The van der Waals surface area contributed by atoms with E-state index in [-0.39, 0.29) is 23.9 Å². The summed E-state index contributed by atoms with van der Waals surface area (Å²) in [7, 11) is 0.171. The van der Waals surface area contributed by atoms with Crippen LogP contribution in [0.25, 0.3) is 28.2 Å². The van der Waals surface area contributed by atoms with Crippen molar-refractivity contribution in [2.45, 2.75) is 6.61 Å². The van der Waals surface area contributed by atoms with Crippen molar-refractivity contribution in [1.82, 2.24) is 34.6 Å². The number of hydrogen-bond acceptors (Lipinski definition) is 8. The van der Waals surface area contributed by atoms with Crippen LogP contribution in [0.3, 0.4) is 0 Å². The summed E-state index contributed by atoms with van der Waals surface area (Å²) in [6, 6.07) is 14.6. The zero-order valence-electron chi connectivity index (χ0n) is 17.4. The van der Waals surface area contributed by atoms with Crippen LogP contribution in [0.2, 0.25) is 0 Å². The van der Waals surface area contributed by atoms with Gasteiger partial charge in [0, 0.05) is 12.6 Å². The van der Waals surface area contributed by atoms with Gasteiger partial charge in [0.2, 0.25) is 5.88 Å². The Bertz CT molecular complexity index is 1440. The minimum atomic E-state index is -1.58. The zero-order valence-corrected chi connectivity index (χ0v) is 17.4. The first-order valence-corrected chi connectivity index (χ1v) is 9.95. The van der Waals surface area contributed by atoms with E-state index in [1.165, 1.54) is 16.9 Å². The third-order valence-corrected chi connectivity index (χ3v) is 5.14. The highest BCUT2D eigenvalue weighted by atomic mass is 19.1. The highest BCUT2D eigenvalue weighted by Gasteiger charge is 2.19. The molecular formula is C21H17BFN7O3. The van der Waals surface area contributed by atoms with Crippen molar-refractivity contribution in [2.24, 2.45) is 7.05 Å². The number of aryl methyl sites for hydroxylation is 1. The van der Waals surface area contributed by atoms with Crippen LogP contribution in [0.4, 0.5) is 4.39 Å². The van der Waals surface area contributed by atoms with Crippen LogP contribution < -0.4 is 10.2 Å². The number of aromatic nitrogens is 7. The van der Waals surface area contributed by atoms with Gasteiger partial charge in [0.1, 0.15) is 18.8 Å². The van der Waals surface area contributed by atoms with E-state index in [1.807, 2.05) is 0 Å².